The number of nitrogens with zero attached hydrogens (tertiary/aromatic N) is 2. The molecule has 1 saturated carbocycles. The summed E-state index contributed by atoms with van der Waals surface area (Å²) < 4.78 is 15.9. The summed E-state index contributed by atoms with van der Waals surface area (Å²) >= 11 is 0. The second-order valence-corrected chi connectivity index (χ2v) is 6.31. The van der Waals surface area contributed by atoms with Crippen LogP contribution < -0.4 is 62.1 Å². The molecule has 3 aromatic rings. The molecule has 0 amide bonds. The van der Waals surface area contributed by atoms with E-state index in [1.807, 2.05) is 0 Å². The topological polar surface area (TPSA) is 74.5 Å². The van der Waals surface area contributed by atoms with E-state index in [2.05, 4.69) is 4.98 Å². The van der Waals surface area contributed by atoms with E-state index in [0.717, 1.165) is 29.0 Å². The van der Waals surface area contributed by atoms with Crippen molar-refractivity contribution in [2.24, 2.45) is 0 Å². The van der Waals surface area contributed by atoms with Crippen molar-refractivity contribution in [1.82, 2.24) is 9.38 Å². The van der Waals surface area contributed by atoms with Crippen molar-refractivity contribution in [2.75, 3.05) is 0 Å². The molecule has 3 heterocycles. The number of carbonyl (C=O) groups excluding carboxylic acids is 1. The third kappa shape index (κ3) is 3.18. The van der Waals surface area contributed by atoms with E-state index in [0.29, 0.717) is 22.2 Å². The van der Waals surface area contributed by atoms with Gasteiger partial charge in [-0.2, -0.15) is 0 Å². The number of aromatic carboxylic acids is 1. The maximum atomic E-state index is 14.8. The molecule has 0 saturated heterocycles. The molecule has 126 valence electrons. The van der Waals surface area contributed by atoms with Crippen LogP contribution in [0.3, 0.4) is 0 Å². The Balaban J connectivity index is 0.00000196. The van der Waals surface area contributed by atoms with Gasteiger partial charge in [0, 0.05) is 24.2 Å². The van der Waals surface area contributed by atoms with Gasteiger partial charge in [0.05, 0.1) is 17.0 Å². The summed E-state index contributed by atoms with van der Waals surface area (Å²) in [6.45, 7) is 1.75. The number of aromatic nitrogens is 2. The van der Waals surface area contributed by atoms with Crippen LogP contribution in [-0.2, 0) is 0 Å². The Kier molecular flexibility index (Phi) is 5.46. The Bertz CT molecular complexity index is 1080. The first-order valence-electron chi connectivity index (χ1n) is 7.99. The second kappa shape index (κ2) is 7.32. The zero-order valence-corrected chi connectivity index (χ0v) is 17.6. The quantitative estimate of drug-likeness (QED) is 0.553. The van der Waals surface area contributed by atoms with Crippen molar-refractivity contribution < 1.29 is 65.7 Å². The predicted octanol–water partition coefficient (Wildman–Crippen LogP) is -0.946. The Hall–Kier alpha value is -1.38. The zero-order valence-electron chi connectivity index (χ0n) is 14.5. The van der Waals surface area contributed by atoms with Crippen molar-refractivity contribution in [2.45, 2.75) is 25.7 Å². The van der Waals surface area contributed by atoms with Crippen molar-refractivity contribution in [1.29, 1.82) is 0 Å². The van der Waals surface area contributed by atoms with Crippen LogP contribution in [0.25, 0.3) is 16.6 Å². The van der Waals surface area contributed by atoms with Gasteiger partial charge in [-0.15, -0.1) is 0 Å². The number of halogens is 1. The van der Waals surface area contributed by atoms with Gasteiger partial charge in [-0.3, -0.25) is 14.2 Å². The number of carboxylic acid groups (broad SMARTS) is 1. The van der Waals surface area contributed by atoms with Crippen LogP contribution in [-0.4, -0.2) is 15.4 Å². The number of aryl methyl sites for hydroxylation is 1. The van der Waals surface area contributed by atoms with Crippen molar-refractivity contribution >= 4 is 11.5 Å². The van der Waals surface area contributed by atoms with Gasteiger partial charge in [0.2, 0.25) is 0 Å². The van der Waals surface area contributed by atoms with E-state index < -0.39 is 22.9 Å². The third-order valence-corrected chi connectivity index (χ3v) is 4.68. The summed E-state index contributed by atoms with van der Waals surface area (Å²) in [6.07, 6.45) is 6.05. The number of hydrogen-bond acceptors (Lipinski definition) is 4. The molecule has 0 aromatic carbocycles. The molecule has 1 aliphatic carbocycles. The van der Waals surface area contributed by atoms with E-state index in [-0.39, 0.29) is 57.3 Å². The summed E-state index contributed by atoms with van der Waals surface area (Å²) in [7, 11) is 0. The van der Waals surface area contributed by atoms with Crippen LogP contribution in [0.4, 0.5) is 4.39 Å². The number of carboxylic acids is 1. The molecule has 5 nitrogen and oxygen atoms in total. The first-order valence-corrected chi connectivity index (χ1v) is 7.99. The number of hydrogen-bond donors (Lipinski definition) is 0. The van der Waals surface area contributed by atoms with Crippen LogP contribution in [0.1, 0.15) is 40.2 Å². The van der Waals surface area contributed by atoms with Crippen LogP contribution >= 0.6 is 0 Å². The molecule has 4 rings (SSSR count). The molecule has 3 aromatic heterocycles. The zero-order chi connectivity index (χ0) is 17.7. The van der Waals surface area contributed by atoms with Gasteiger partial charge in [0.25, 0.3) is 5.56 Å². The number of rotatable bonds is 3. The predicted molar refractivity (Wildman–Crippen MR) is 87.9 cm³/mol. The smallest absolute Gasteiger partial charge is 0.545 e. The van der Waals surface area contributed by atoms with E-state index in [1.165, 1.54) is 6.07 Å². The summed E-state index contributed by atoms with van der Waals surface area (Å²) in [6, 6.07) is 4.80. The summed E-state index contributed by atoms with van der Waals surface area (Å²) in [5, 5.41) is 11.3. The molecule has 1 aliphatic rings. The molecule has 7 heteroatoms. The van der Waals surface area contributed by atoms with Gasteiger partial charge < -0.3 is 9.90 Å². The standard InChI is InChI=1S/C19H15FN2O3.K/c1-10-16(12-4-6-21-7-5-12)15(20)9-22-17(10)13(11-2-3-11)8-14(18(22)23)19(24)25;/h4-9,11H,2-3H2,1H3,(H,24,25);/q;+1/p-1. The van der Waals surface area contributed by atoms with Crippen LogP contribution in [0.15, 0.2) is 41.6 Å². The van der Waals surface area contributed by atoms with E-state index in [4.69, 9.17) is 0 Å². The first-order chi connectivity index (χ1) is 12.0. The molecule has 26 heavy (non-hydrogen) atoms. The second-order valence-electron chi connectivity index (χ2n) is 6.31. The van der Waals surface area contributed by atoms with Gasteiger partial charge in [0.15, 0.2) is 0 Å². The van der Waals surface area contributed by atoms with Gasteiger partial charge in [0.1, 0.15) is 5.82 Å². The van der Waals surface area contributed by atoms with Crippen LogP contribution in [0.2, 0.25) is 0 Å². The largest absolute Gasteiger partial charge is 1.00 e. The number of fused-ring (bicyclic) bond motifs is 1. The minimum absolute atomic E-state index is 0. The van der Waals surface area contributed by atoms with Gasteiger partial charge >= 0.3 is 51.4 Å². The first kappa shape index (κ1) is 19.4. The molecular formula is C19H14FKN2O3. The third-order valence-electron chi connectivity index (χ3n) is 4.68. The van der Waals surface area contributed by atoms with Crippen molar-refractivity contribution in [3.8, 4) is 11.1 Å². The maximum Gasteiger partial charge on any atom is 1.00 e. The van der Waals surface area contributed by atoms with Crippen LogP contribution in [0.5, 0.6) is 0 Å². The van der Waals surface area contributed by atoms with Crippen LogP contribution in [0, 0.1) is 12.7 Å². The van der Waals surface area contributed by atoms with Gasteiger partial charge in [-0.05, 0) is 60.6 Å². The molecule has 0 N–H and O–H groups in total. The van der Waals surface area contributed by atoms with Gasteiger partial charge in [-0.25, -0.2) is 4.39 Å². The molecular weight excluding hydrogens is 362 g/mol. The minimum Gasteiger partial charge on any atom is -0.545 e. The molecule has 0 aliphatic heterocycles. The average molecular weight is 376 g/mol. The van der Waals surface area contributed by atoms with Crippen molar-refractivity contribution in [3.05, 3.63) is 69.7 Å². The molecule has 0 atom stereocenters. The monoisotopic (exact) mass is 376 g/mol. The fourth-order valence-corrected chi connectivity index (χ4v) is 3.38. The summed E-state index contributed by atoms with van der Waals surface area (Å²) in [4.78, 5) is 27.7. The molecule has 0 unspecified atom stereocenters. The fraction of sp³-hybridized carbons (Fsp3) is 0.211. The molecule has 1 fully saturated rings. The number of pyridine rings is 3. The molecule has 0 bridgehead atoms. The minimum atomic E-state index is -1.54. The fourth-order valence-electron chi connectivity index (χ4n) is 3.38. The Labute approximate surface area is 191 Å². The summed E-state index contributed by atoms with van der Waals surface area (Å²) in [5.41, 5.74) is 1.78. The number of carbonyl (C=O) groups is 1. The van der Waals surface area contributed by atoms with Gasteiger partial charge in [-0.1, -0.05) is 0 Å². The van der Waals surface area contributed by atoms with E-state index >= 15 is 0 Å². The SMILES string of the molecule is Cc1c(-c2ccncc2)c(F)cn2c(=O)c(C(=O)[O-])cc(C3CC3)c12.[K+]. The Morgan fingerprint density at radius 1 is 1.31 bits per heavy atom. The average Bonchev–Trinajstić information content (AvgIpc) is 3.41. The molecule has 0 radical (unpaired) electrons. The summed E-state index contributed by atoms with van der Waals surface area (Å²) in [5.74, 6) is -1.95. The van der Waals surface area contributed by atoms with E-state index in [1.54, 1.807) is 31.5 Å². The maximum absolute atomic E-state index is 14.8. The van der Waals surface area contributed by atoms with E-state index in [9.17, 15) is 19.1 Å². The Morgan fingerprint density at radius 2 is 1.96 bits per heavy atom. The van der Waals surface area contributed by atoms with Crippen molar-refractivity contribution in [3.63, 3.8) is 0 Å². The Morgan fingerprint density at radius 3 is 2.54 bits per heavy atom. The normalized spacial score (nSPS) is 13.5. The molecule has 0 spiro atoms.